The Labute approximate surface area is 149 Å². The number of carbonyl (C=O) groups is 1. The molecule has 0 radical (unpaired) electrons. The van der Waals surface area contributed by atoms with Crippen molar-refractivity contribution in [3.8, 4) is 11.1 Å². The molecule has 124 valence electrons. The van der Waals surface area contributed by atoms with Crippen molar-refractivity contribution in [2.75, 3.05) is 6.54 Å². The molecule has 5 nitrogen and oxygen atoms in total. The van der Waals surface area contributed by atoms with Gasteiger partial charge in [0.1, 0.15) is 5.54 Å². The Kier molecular flexibility index (Phi) is 3.48. The standard InChI is InChI=1S/C19H16N4OS/c1-19(9-15-8-16(24)10-23(15)18(20)22-19)17-7-13(11-25-17)12-4-3-5-14(6-12)21-2/h3-8,11H,9-10H2,1H3,(H2,20,22)/t19-/m0/s1. The van der Waals surface area contributed by atoms with E-state index in [0.29, 0.717) is 24.6 Å². The Morgan fingerprint density at radius 1 is 1.36 bits per heavy atom. The van der Waals surface area contributed by atoms with Gasteiger partial charge in [0.15, 0.2) is 17.4 Å². The smallest absolute Gasteiger partial charge is 0.196 e. The maximum atomic E-state index is 11.7. The molecule has 0 spiro atoms. The third-order valence-electron chi connectivity index (χ3n) is 4.59. The summed E-state index contributed by atoms with van der Waals surface area (Å²) in [5.41, 5.74) is 9.28. The fourth-order valence-corrected chi connectivity index (χ4v) is 4.34. The van der Waals surface area contributed by atoms with E-state index in [0.717, 1.165) is 21.7 Å². The molecular formula is C19H16N4OS. The molecule has 0 aliphatic carbocycles. The molecule has 3 heterocycles. The molecule has 1 aromatic carbocycles. The van der Waals surface area contributed by atoms with Gasteiger partial charge in [-0.25, -0.2) is 9.84 Å². The Morgan fingerprint density at radius 3 is 3.00 bits per heavy atom. The molecule has 0 amide bonds. The molecule has 0 saturated carbocycles. The van der Waals surface area contributed by atoms with E-state index < -0.39 is 5.54 Å². The molecule has 0 saturated heterocycles. The number of ketones is 1. The van der Waals surface area contributed by atoms with Gasteiger partial charge in [-0.15, -0.1) is 11.3 Å². The van der Waals surface area contributed by atoms with Crippen LogP contribution < -0.4 is 5.73 Å². The highest BCUT2D eigenvalue weighted by atomic mass is 32.1. The van der Waals surface area contributed by atoms with Crippen LogP contribution in [0.1, 0.15) is 18.2 Å². The van der Waals surface area contributed by atoms with Gasteiger partial charge in [-0.05, 0) is 35.6 Å². The second kappa shape index (κ2) is 5.57. The molecule has 0 fully saturated rings. The van der Waals surface area contributed by atoms with Crippen molar-refractivity contribution in [1.82, 2.24) is 4.90 Å². The van der Waals surface area contributed by atoms with E-state index in [1.165, 1.54) is 0 Å². The van der Waals surface area contributed by atoms with Gasteiger partial charge in [-0.3, -0.25) is 4.79 Å². The van der Waals surface area contributed by atoms with Crippen molar-refractivity contribution in [2.45, 2.75) is 18.9 Å². The summed E-state index contributed by atoms with van der Waals surface area (Å²) in [4.78, 5) is 22.8. The normalized spacial score (nSPS) is 22.2. The maximum absolute atomic E-state index is 11.7. The quantitative estimate of drug-likeness (QED) is 0.842. The minimum Gasteiger partial charge on any atom is -0.369 e. The largest absolute Gasteiger partial charge is 0.369 e. The zero-order chi connectivity index (χ0) is 17.6. The highest BCUT2D eigenvalue weighted by Gasteiger charge is 2.39. The van der Waals surface area contributed by atoms with E-state index >= 15 is 0 Å². The first-order chi connectivity index (χ1) is 12.0. The third-order valence-corrected chi connectivity index (χ3v) is 5.77. The van der Waals surface area contributed by atoms with E-state index in [1.807, 2.05) is 25.1 Å². The zero-order valence-electron chi connectivity index (χ0n) is 13.7. The second-order valence-corrected chi connectivity index (χ2v) is 7.38. The Balaban J connectivity index is 1.71. The van der Waals surface area contributed by atoms with E-state index in [9.17, 15) is 4.79 Å². The number of benzene rings is 1. The SMILES string of the molecule is [C-]#[N+]c1cccc(-c2csc([C@]3(C)CC4=CC(=O)CN4C(N)=N3)c2)c1. The van der Waals surface area contributed by atoms with E-state index in [-0.39, 0.29) is 5.78 Å². The van der Waals surface area contributed by atoms with Crippen LogP contribution in [0.5, 0.6) is 0 Å². The lowest BCUT2D eigenvalue weighted by Crippen LogP contribution is -2.43. The summed E-state index contributed by atoms with van der Waals surface area (Å²) in [6.07, 6.45) is 2.33. The highest BCUT2D eigenvalue weighted by molar-refractivity contribution is 7.10. The number of fused-ring (bicyclic) bond motifs is 1. The summed E-state index contributed by atoms with van der Waals surface area (Å²) in [6.45, 7) is 9.50. The summed E-state index contributed by atoms with van der Waals surface area (Å²) in [5, 5.41) is 2.08. The molecule has 4 rings (SSSR count). The predicted octanol–water partition coefficient (Wildman–Crippen LogP) is 3.67. The molecular weight excluding hydrogens is 332 g/mol. The van der Waals surface area contributed by atoms with Crippen LogP contribution in [-0.2, 0) is 10.3 Å². The number of rotatable bonds is 2. The zero-order valence-corrected chi connectivity index (χ0v) is 14.5. The number of aliphatic imine (C=N–C) groups is 1. The fraction of sp³-hybridized carbons (Fsp3) is 0.211. The van der Waals surface area contributed by atoms with Crippen LogP contribution in [0.4, 0.5) is 5.69 Å². The molecule has 1 aromatic heterocycles. The highest BCUT2D eigenvalue weighted by Crippen LogP contribution is 2.42. The van der Waals surface area contributed by atoms with Gasteiger partial charge in [-0.1, -0.05) is 18.2 Å². The minimum atomic E-state index is -0.475. The molecule has 2 aliphatic rings. The van der Waals surface area contributed by atoms with Crippen molar-refractivity contribution in [3.63, 3.8) is 0 Å². The van der Waals surface area contributed by atoms with Crippen molar-refractivity contribution in [1.29, 1.82) is 0 Å². The number of carbonyl (C=O) groups excluding carboxylic acids is 1. The monoisotopic (exact) mass is 348 g/mol. The molecule has 0 bridgehead atoms. The number of nitrogens with two attached hydrogens (primary N) is 1. The summed E-state index contributed by atoms with van der Waals surface area (Å²) in [5.74, 6) is 0.469. The molecule has 2 aromatic rings. The first kappa shape index (κ1) is 15.6. The van der Waals surface area contributed by atoms with Crippen LogP contribution in [-0.4, -0.2) is 23.2 Å². The van der Waals surface area contributed by atoms with Crippen molar-refractivity contribution < 1.29 is 4.79 Å². The van der Waals surface area contributed by atoms with Crippen LogP contribution in [0, 0.1) is 6.57 Å². The molecule has 25 heavy (non-hydrogen) atoms. The topological polar surface area (TPSA) is 63.0 Å². The van der Waals surface area contributed by atoms with Crippen LogP contribution in [0.3, 0.4) is 0 Å². The molecule has 2 N–H and O–H groups in total. The van der Waals surface area contributed by atoms with Gasteiger partial charge >= 0.3 is 0 Å². The molecule has 2 aliphatic heterocycles. The van der Waals surface area contributed by atoms with Crippen LogP contribution in [0.2, 0.25) is 0 Å². The predicted molar refractivity (Wildman–Crippen MR) is 99.4 cm³/mol. The lowest BCUT2D eigenvalue weighted by molar-refractivity contribution is -0.113. The molecule has 0 unspecified atom stereocenters. The number of guanidine groups is 1. The fourth-order valence-electron chi connectivity index (χ4n) is 3.31. The van der Waals surface area contributed by atoms with Crippen molar-refractivity contribution >= 4 is 28.8 Å². The summed E-state index contributed by atoms with van der Waals surface area (Å²) >= 11 is 1.63. The van der Waals surface area contributed by atoms with Crippen molar-refractivity contribution in [3.05, 3.63) is 63.8 Å². The molecule has 6 heteroatoms. The van der Waals surface area contributed by atoms with E-state index in [2.05, 4.69) is 16.3 Å². The Bertz CT molecular complexity index is 981. The van der Waals surface area contributed by atoms with Gasteiger partial charge < -0.3 is 10.6 Å². The lowest BCUT2D eigenvalue weighted by Gasteiger charge is -2.35. The summed E-state index contributed by atoms with van der Waals surface area (Å²) < 4.78 is 0. The van der Waals surface area contributed by atoms with Gasteiger partial charge in [0.2, 0.25) is 0 Å². The lowest BCUT2D eigenvalue weighted by atomic mass is 9.92. The van der Waals surface area contributed by atoms with Gasteiger partial charge in [0, 0.05) is 23.1 Å². The summed E-state index contributed by atoms with van der Waals surface area (Å²) in [6, 6.07) is 9.69. The second-order valence-electron chi connectivity index (χ2n) is 6.47. The Hall–Kier alpha value is -2.91. The first-order valence-electron chi connectivity index (χ1n) is 7.92. The first-order valence-corrected chi connectivity index (χ1v) is 8.80. The van der Waals surface area contributed by atoms with Gasteiger partial charge in [0.05, 0.1) is 13.1 Å². The number of hydrogen-bond donors (Lipinski definition) is 1. The van der Waals surface area contributed by atoms with Gasteiger partial charge in [-0.2, -0.15) is 0 Å². The molecule has 1 atom stereocenters. The van der Waals surface area contributed by atoms with E-state index in [1.54, 1.807) is 28.4 Å². The number of hydrogen-bond acceptors (Lipinski definition) is 5. The van der Waals surface area contributed by atoms with Crippen LogP contribution >= 0.6 is 11.3 Å². The average molecular weight is 348 g/mol. The van der Waals surface area contributed by atoms with Crippen LogP contribution in [0.15, 0.2) is 52.5 Å². The minimum absolute atomic E-state index is 0.0697. The maximum Gasteiger partial charge on any atom is 0.196 e. The van der Waals surface area contributed by atoms with Crippen molar-refractivity contribution in [2.24, 2.45) is 10.7 Å². The van der Waals surface area contributed by atoms with E-state index in [4.69, 9.17) is 17.3 Å². The van der Waals surface area contributed by atoms with Gasteiger partial charge in [0.25, 0.3) is 0 Å². The number of thiophene rings is 1. The summed E-state index contributed by atoms with van der Waals surface area (Å²) in [7, 11) is 0. The average Bonchev–Trinajstić information content (AvgIpc) is 3.22. The van der Waals surface area contributed by atoms with Crippen LogP contribution in [0.25, 0.3) is 16.0 Å². The number of nitrogens with zero attached hydrogens (tertiary/aromatic N) is 3. The Morgan fingerprint density at radius 2 is 2.20 bits per heavy atom. The third kappa shape index (κ3) is 2.63.